The lowest BCUT2D eigenvalue weighted by Gasteiger charge is -2.32. The van der Waals surface area contributed by atoms with Gasteiger partial charge in [0.2, 0.25) is 0 Å². The van der Waals surface area contributed by atoms with Gasteiger partial charge in [-0.25, -0.2) is 4.39 Å². The van der Waals surface area contributed by atoms with Crippen molar-refractivity contribution in [3.8, 4) is 0 Å². The van der Waals surface area contributed by atoms with E-state index in [2.05, 4.69) is 16.8 Å². The van der Waals surface area contributed by atoms with E-state index >= 15 is 0 Å². The third-order valence-electron chi connectivity index (χ3n) is 4.83. The minimum atomic E-state index is -0.268. The summed E-state index contributed by atoms with van der Waals surface area (Å²) in [4.78, 5) is 17.7. The van der Waals surface area contributed by atoms with Gasteiger partial charge in [0.1, 0.15) is 5.82 Å². The van der Waals surface area contributed by atoms with Gasteiger partial charge >= 0.3 is 0 Å². The van der Waals surface area contributed by atoms with Gasteiger partial charge in [-0.2, -0.15) is 0 Å². The van der Waals surface area contributed by atoms with Crippen LogP contribution in [0.5, 0.6) is 0 Å². The summed E-state index contributed by atoms with van der Waals surface area (Å²) in [6.45, 7) is 5.03. The maximum Gasteiger partial charge on any atom is 0.189 e. The minimum Gasteiger partial charge on any atom is -0.304 e. The molecule has 0 aromatic heterocycles. The molecule has 0 saturated carbocycles. The number of ketones is 1. The SMILES string of the molecule is CN1CCN(CC/C(=C/c2ccc(F)cc2)C(=O)c2ccccc2)CC1. The molecule has 0 amide bonds. The molecule has 4 heteroatoms. The summed E-state index contributed by atoms with van der Waals surface area (Å²) >= 11 is 0. The van der Waals surface area contributed by atoms with Crippen LogP contribution in [0.3, 0.4) is 0 Å². The number of nitrogens with zero attached hydrogens (tertiary/aromatic N) is 2. The third kappa shape index (κ3) is 5.10. The molecule has 0 unspecified atom stereocenters. The molecule has 3 rings (SSSR count). The highest BCUT2D eigenvalue weighted by molar-refractivity contribution is 6.11. The second kappa shape index (κ2) is 8.88. The molecule has 1 heterocycles. The van der Waals surface area contributed by atoms with Crippen molar-refractivity contribution in [3.05, 3.63) is 77.1 Å². The first-order valence-corrected chi connectivity index (χ1v) is 9.08. The van der Waals surface area contributed by atoms with E-state index < -0.39 is 0 Å². The zero-order chi connectivity index (χ0) is 18.4. The normalized spacial score (nSPS) is 16.6. The lowest BCUT2D eigenvalue weighted by atomic mass is 9.98. The zero-order valence-corrected chi connectivity index (χ0v) is 15.2. The smallest absolute Gasteiger partial charge is 0.189 e. The van der Waals surface area contributed by atoms with E-state index in [-0.39, 0.29) is 11.6 Å². The van der Waals surface area contributed by atoms with Gasteiger partial charge in [0.25, 0.3) is 0 Å². The van der Waals surface area contributed by atoms with Gasteiger partial charge in [0.05, 0.1) is 0 Å². The Morgan fingerprint density at radius 3 is 2.31 bits per heavy atom. The number of likely N-dealkylation sites (N-methyl/N-ethyl adjacent to an activating group) is 1. The van der Waals surface area contributed by atoms with Crippen LogP contribution in [-0.2, 0) is 0 Å². The van der Waals surface area contributed by atoms with Crippen molar-refractivity contribution in [2.75, 3.05) is 39.8 Å². The lowest BCUT2D eigenvalue weighted by Crippen LogP contribution is -2.44. The third-order valence-corrected chi connectivity index (χ3v) is 4.83. The minimum absolute atomic E-state index is 0.0454. The standard InChI is InChI=1S/C22H25FN2O/c1-24-13-15-25(16-14-24)12-11-20(17-18-7-9-21(23)10-8-18)22(26)19-5-3-2-4-6-19/h2-10,17H,11-16H2,1H3/b20-17-. The molecule has 0 N–H and O–H groups in total. The Morgan fingerprint density at radius 2 is 1.65 bits per heavy atom. The molecule has 0 radical (unpaired) electrons. The molecule has 0 atom stereocenters. The fourth-order valence-electron chi connectivity index (χ4n) is 3.14. The van der Waals surface area contributed by atoms with Crippen LogP contribution >= 0.6 is 0 Å². The average molecular weight is 352 g/mol. The summed E-state index contributed by atoms with van der Waals surface area (Å²) in [6, 6.07) is 15.6. The van der Waals surface area contributed by atoms with Crippen LogP contribution in [0.25, 0.3) is 6.08 Å². The van der Waals surface area contributed by atoms with Crippen LogP contribution in [0.1, 0.15) is 22.3 Å². The number of piperazine rings is 1. The van der Waals surface area contributed by atoms with E-state index in [9.17, 15) is 9.18 Å². The van der Waals surface area contributed by atoms with Gasteiger partial charge in [0.15, 0.2) is 5.78 Å². The van der Waals surface area contributed by atoms with Crippen molar-refractivity contribution in [1.82, 2.24) is 9.80 Å². The largest absolute Gasteiger partial charge is 0.304 e. The molecule has 1 saturated heterocycles. The number of carbonyl (C=O) groups is 1. The lowest BCUT2D eigenvalue weighted by molar-refractivity contribution is 0.102. The summed E-state index contributed by atoms with van der Waals surface area (Å²) in [5, 5.41) is 0. The molecule has 26 heavy (non-hydrogen) atoms. The van der Waals surface area contributed by atoms with Gasteiger partial charge in [-0.15, -0.1) is 0 Å². The van der Waals surface area contributed by atoms with Crippen molar-refractivity contribution in [2.24, 2.45) is 0 Å². The summed E-state index contributed by atoms with van der Waals surface area (Å²) in [6.07, 6.45) is 2.58. The Bertz CT molecular complexity index is 747. The van der Waals surface area contributed by atoms with E-state index in [4.69, 9.17) is 0 Å². The first kappa shape index (κ1) is 18.5. The molecule has 0 aliphatic carbocycles. The summed E-state index contributed by atoms with van der Waals surface area (Å²) in [5.74, 6) is -0.223. The van der Waals surface area contributed by atoms with Crippen LogP contribution in [0, 0.1) is 5.82 Å². The van der Waals surface area contributed by atoms with Crippen LogP contribution < -0.4 is 0 Å². The number of hydrogen-bond acceptors (Lipinski definition) is 3. The Kier molecular flexibility index (Phi) is 6.31. The average Bonchev–Trinajstić information content (AvgIpc) is 2.68. The first-order valence-electron chi connectivity index (χ1n) is 9.08. The van der Waals surface area contributed by atoms with E-state index in [0.29, 0.717) is 12.0 Å². The van der Waals surface area contributed by atoms with Gasteiger partial charge in [-0.1, -0.05) is 42.5 Å². The fourth-order valence-corrected chi connectivity index (χ4v) is 3.14. The molecule has 3 nitrogen and oxygen atoms in total. The molecule has 2 aromatic carbocycles. The number of benzene rings is 2. The molecule has 2 aromatic rings. The van der Waals surface area contributed by atoms with Crippen molar-refractivity contribution in [1.29, 1.82) is 0 Å². The van der Waals surface area contributed by atoms with Crippen molar-refractivity contribution < 1.29 is 9.18 Å². The van der Waals surface area contributed by atoms with Crippen LogP contribution in [0.4, 0.5) is 4.39 Å². The second-order valence-electron chi connectivity index (χ2n) is 6.81. The molecule has 0 spiro atoms. The van der Waals surface area contributed by atoms with E-state index in [0.717, 1.165) is 43.9 Å². The maximum atomic E-state index is 13.2. The van der Waals surface area contributed by atoms with Crippen molar-refractivity contribution in [3.63, 3.8) is 0 Å². The number of halogens is 1. The number of rotatable bonds is 6. The highest BCUT2D eigenvalue weighted by Crippen LogP contribution is 2.17. The van der Waals surface area contributed by atoms with Gasteiger partial charge in [-0.05, 0) is 37.2 Å². The Hall–Kier alpha value is -2.30. The van der Waals surface area contributed by atoms with Crippen LogP contribution in [0.15, 0.2) is 60.2 Å². The molecular weight excluding hydrogens is 327 g/mol. The number of Topliss-reactive ketones (excluding diaryl/α,β-unsaturated/α-hetero) is 1. The first-order chi connectivity index (χ1) is 12.6. The topological polar surface area (TPSA) is 23.6 Å². The molecule has 0 bridgehead atoms. The highest BCUT2D eigenvalue weighted by atomic mass is 19.1. The highest BCUT2D eigenvalue weighted by Gasteiger charge is 2.17. The maximum absolute atomic E-state index is 13.2. The predicted octanol–water partition coefficient (Wildman–Crippen LogP) is 3.73. The second-order valence-corrected chi connectivity index (χ2v) is 6.81. The monoisotopic (exact) mass is 352 g/mol. The van der Waals surface area contributed by atoms with Gasteiger partial charge < -0.3 is 9.80 Å². The predicted molar refractivity (Wildman–Crippen MR) is 104 cm³/mol. The van der Waals surface area contributed by atoms with E-state index in [1.165, 1.54) is 12.1 Å². The molecular formula is C22H25FN2O. The van der Waals surface area contributed by atoms with Crippen LogP contribution in [0.2, 0.25) is 0 Å². The molecule has 136 valence electrons. The van der Waals surface area contributed by atoms with Crippen LogP contribution in [-0.4, -0.2) is 55.4 Å². The van der Waals surface area contributed by atoms with Crippen molar-refractivity contribution in [2.45, 2.75) is 6.42 Å². The van der Waals surface area contributed by atoms with E-state index in [1.54, 1.807) is 12.1 Å². The molecule has 1 aliphatic rings. The van der Waals surface area contributed by atoms with E-state index in [1.807, 2.05) is 36.4 Å². The Labute approximate surface area is 154 Å². The summed E-state index contributed by atoms with van der Waals surface area (Å²) in [7, 11) is 2.14. The Balaban J connectivity index is 1.77. The summed E-state index contributed by atoms with van der Waals surface area (Å²) < 4.78 is 13.2. The van der Waals surface area contributed by atoms with Gasteiger partial charge in [0, 0.05) is 43.9 Å². The van der Waals surface area contributed by atoms with Gasteiger partial charge in [-0.3, -0.25) is 4.79 Å². The fraction of sp³-hybridized carbons (Fsp3) is 0.318. The number of carbonyl (C=O) groups excluding carboxylic acids is 1. The van der Waals surface area contributed by atoms with Crippen molar-refractivity contribution >= 4 is 11.9 Å². The quantitative estimate of drug-likeness (QED) is 0.585. The summed E-state index contributed by atoms with van der Waals surface area (Å²) in [5.41, 5.74) is 2.31. The zero-order valence-electron chi connectivity index (χ0n) is 15.2. The Morgan fingerprint density at radius 1 is 1.00 bits per heavy atom. The molecule has 1 aliphatic heterocycles. The number of hydrogen-bond donors (Lipinski definition) is 0. The molecule has 1 fully saturated rings.